The number of imidazole rings is 1. The van der Waals surface area contributed by atoms with Gasteiger partial charge >= 0.3 is 0 Å². The number of nitrogens with zero attached hydrogens (tertiary/aromatic N) is 2. The summed E-state index contributed by atoms with van der Waals surface area (Å²) in [5.74, 6) is 1.55. The monoisotopic (exact) mass is 275 g/mol. The zero-order valence-electron chi connectivity index (χ0n) is 12.0. The van der Waals surface area contributed by atoms with Gasteiger partial charge < -0.3 is 9.88 Å². The number of fused-ring (bicyclic) bond motifs is 1. The van der Waals surface area contributed by atoms with E-state index in [1.807, 2.05) is 0 Å². The van der Waals surface area contributed by atoms with Gasteiger partial charge in [0.25, 0.3) is 0 Å². The van der Waals surface area contributed by atoms with Gasteiger partial charge in [0.15, 0.2) is 0 Å². The number of halogens is 1. The van der Waals surface area contributed by atoms with Crippen molar-refractivity contribution in [2.75, 3.05) is 26.3 Å². The van der Waals surface area contributed by atoms with Crippen molar-refractivity contribution in [2.24, 2.45) is 0 Å². The van der Waals surface area contributed by atoms with Gasteiger partial charge in [-0.3, -0.25) is 4.39 Å². The van der Waals surface area contributed by atoms with Crippen LogP contribution in [0.4, 0.5) is 4.39 Å². The van der Waals surface area contributed by atoms with E-state index in [9.17, 15) is 4.39 Å². The molecule has 1 unspecified atom stereocenters. The minimum absolute atomic E-state index is 0.217. The highest BCUT2D eigenvalue weighted by Crippen LogP contribution is 2.27. The number of piperidine rings is 1. The Labute approximate surface area is 119 Å². The third-order valence-corrected chi connectivity index (χ3v) is 4.16. The maximum Gasteiger partial charge on any atom is 0.111 e. The standard InChI is InChI=1S/C16H22FN3/c1-12-5-6-14-15(10-12)19-16(18-14)13-4-2-8-20(11-13)9-3-7-17/h5-6,10,13H,2-4,7-9,11H2,1H3,(H,18,19). The number of aromatic nitrogens is 2. The molecule has 1 saturated heterocycles. The molecule has 1 fully saturated rings. The molecular formula is C16H22FN3. The number of aromatic amines is 1. The zero-order valence-corrected chi connectivity index (χ0v) is 12.0. The molecule has 0 bridgehead atoms. The Morgan fingerprint density at radius 1 is 1.45 bits per heavy atom. The van der Waals surface area contributed by atoms with Crippen molar-refractivity contribution in [1.82, 2.24) is 14.9 Å². The second-order valence-corrected chi connectivity index (χ2v) is 5.82. The van der Waals surface area contributed by atoms with Crippen LogP contribution >= 0.6 is 0 Å². The molecule has 3 rings (SSSR count). The minimum Gasteiger partial charge on any atom is -0.342 e. The summed E-state index contributed by atoms with van der Waals surface area (Å²) in [5.41, 5.74) is 3.42. The lowest BCUT2D eigenvalue weighted by Gasteiger charge is -2.31. The van der Waals surface area contributed by atoms with Crippen LogP contribution in [0.25, 0.3) is 11.0 Å². The number of hydrogen-bond acceptors (Lipinski definition) is 2. The number of likely N-dealkylation sites (tertiary alicyclic amines) is 1. The van der Waals surface area contributed by atoms with Gasteiger partial charge in [-0.05, 0) is 50.4 Å². The Hall–Kier alpha value is -1.42. The Morgan fingerprint density at radius 2 is 2.35 bits per heavy atom. The first-order valence-electron chi connectivity index (χ1n) is 7.51. The van der Waals surface area contributed by atoms with E-state index < -0.39 is 0 Å². The van der Waals surface area contributed by atoms with Gasteiger partial charge in [-0.1, -0.05) is 6.07 Å². The molecule has 0 saturated carbocycles. The fourth-order valence-corrected chi connectivity index (χ4v) is 3.10. The summed E-state index contributed by atoms with van der Waals surface area (Å²) < 4.78 is 12.3. The molecule has 3 nitrogen and oxygen atoms in total. The maximum absolute atomic E-state index is 12.3. The summed E-state index contributed by atoms with van der Waals surface area (Å²) >= 11 is 0. The molecule has 0 aliphatic carbocycles. The molecular weight excluding hydrogens is 253 g/mol. The molecule has 2 heterocycles. The van der Waals surface area contributed by atoms with Crippen molar-refractivity contribution in [3.8, 4) is 0 Å². The quantitative estimate of drug-likeness (QED) is 0.927. The Kier molecular flexibility index (Phi) is 4.01. The third kappa shape index (κ3) is 2.85. The first-order valence-corrected chi connectivity index (χ1v) is 7.51. The molecule has 1 aliphatic rings. The lowest BCUT2D eigenvalue weighted by molar-refractivity contribution is 0.197. The maximum atomic E-state index is 12.3. The number of aryl methyl sites for hydroxylation is 1. The van der Waals surface area contributed by atoms with Gasteiger partial charge in [-0.2, -0.15) is 0 Å². The van der Waals surface area contributed by atoms with Crippen molar-refractivity contribution >= 4 is 11.0 Å². The number of nitrogens with one attached hydrogen (secondary N) is 1. The Balaban J connectivity index is 1.76. The lowest BCUT2D eigenvalue weighted by atomic mass is 9.97. The van der Waals surface area contributed by atoms with Gasteiger partial charge in [0.05, 0.1) is 17.7 Å². The molecule has 1 aliphatic heterocycles. The second-order valence-electron chi connectivity index (χ2n) is 5.82. The van der Waals surface area contributed by atoms with Gasteiger partial charge in [0.2, 0.25) is 0 Å². The number of hydrogen-bond donors (Lipinski definition) is 1. The fourth-order valence-electron chi connectivity index (χ4n) is 3.10. The van der Waals surface area contributed by atoms with E-state index in [0.29, 0.717) is 12.3 Å². The van der Waals surface area contributed by atoms with Gasteiger partial charge in [-0.25, -0.2) is 4.98 Å². The molecule has 0 spiro atoms. The molecule has 108 valence electrons. The zero-order chi connectivity index (χ0) is 13.9. The van der Waals surface area contributed by atoms with Crippen molar-refractivity contribution in [3.63, 3.8) is 0 Å². The van der Waals surface area contributed by atoms with Crippen LogP contribution in [0.3, 0.4) is 0 Å². The molecule has 1 atom stereocenters. The van der Waals surface area contributed by atoms with Gasteiger partial charge in [0, 0.05) is 19.0 Å². The van der Waals surface area contributed by atoms with Crippen LogP contribution in [-0.4, -0.2) is 41.2 Å². The first kappa shape index (κ1) is 13.6. The van der Waals surface area contributed by atoms with Crippen LogP contribution in [0.2, 0.25) is 0 Å². The van der Waals surface area contributed by atoms with Crippen molar-refractivity contribution < 1.29 is 4.39 Å². The predicted molar refractivity (Wildman–Crippen MR) is 79.8 cm³/mol. The summed E-state index contributed by atoms with van der Waals surface area (Å²) in [6.45, 7) is 4.84. The van der Waals surface area contributed by atoms with Crippen LogP contribution in [0.1, 0.15) is 36.6 Å². The molecule has 2 aromatic rings. The van der Waals surface area contributed by atoms with Gasteiger partial charge in [0.1, 0.15) is 5.82 Å². The van der Waals surface area contributed by atoms with E-state index in [1.165, 1.54) is 18.4 Å². The van der Waals surface area contributed by atoms with E-state index >= 15 is 0 Å². The fraction of sp³-hybridized carbons (Fsp3) is 0.562. The Bertz CT molecular complexity index is 578. The molecule has 1 aromatic carbocycles. The van der Waals surface area contributed by atoms with Crippen molar-refractivity contribution in [1.29, 1.82) is 0 Å². The third-order valence-electron chi connectivity index (χ3n) is 4.16. The van der Waals surface area contributed by atoms with E-state index in [1.54, 1.807) is 0 Å². The number of alkyl halides is 1. The summed E-state index contributed by atoms with van der Waals surface area (Å²) in [7, 11) is 0. The minimum atomic E-state index is -0.217. The molecule has 0 radical (unpaired) electrons. The normalized spacial score (nSPS) is 20.6. The van der Waals surface area contributed by atoms with Crippen LogP contribution in [0, 0.1) is 6.92 Å². The smallest absolute Gasteiger partial charge is 0.111 e. The number of benzene rings is 1. The summed E-state index contributed by atoms with van der Waals surface area (Å²) in [4.78, 5) is 10.6. The summed E-state index contributed by atoms with van der Waals surface area (Å²) in [6, 6.07) is 6.32. The topological polar surface area (TPSA) is 31.9 Å². The van der Waals surface area contributed by atoms with E-state index in [0.717, 1.165) is 36.5 Å². The first-order chi connectivity index (χ1) is 9.76. The van der Waals surface area contributed by atoms with E-state index in [4.69, 9.17) is 4.98 Å². The largest absolute Gasteiger partial charge is 0.342 e. The van der Waals surface area contributed by atoms with Crippen LogP contribution in [0.5, 0.6) is 0 Å². The summed E-state index contributed by atoms with van der Waals surface area (Å²) in [5, 5.41) is 0. The van der Waals surface area contributed by atoms with Crippen LogP contribution in [-0.2, 0) is 0 Å². The van der Waals surface area contributed by atoms with Crippen molar-refractivity contribution in [3.05, 3.63) is 29.6 Å². The predicted octanol–water partition coefficient (Wildman–Crippen LogP) is 3.41. The van der Waals surface area contributed by atoms with E-state index in [2.05, 4.69) is 35.0 Å². The molecule has 1 N–H and O–H groups in total. The van der Waals surface area contributed by atoms with Crippen LogP contribution in [0.15, 0.2) is 18.2 Å². The molecule has 20 heavy (non-hydrogen) atoms. The molecule has 1 aromatic heterocycles. The summed E-state index contributed by atoms with van der Waals surface area (Å²) in [6.07, 6.45) is 2.99. The highest BCUT2D eigenvalue weighted by molar-refractivity contribution is 5.75. The van der Waals surface area contributed by atoms with Gasteiger partial charge in [-0.15, -0.1) is 0 Å². The number of H-pyrrole nitrogens is 1. The Morgan fingerprint density at radius 3 is 3.20 bits per heavy atom. The lowest BCUT2D eigenvalue weighted by Crippen LogP contribution is -2.35. The van der Waals surface area contributed by atoms with Crippen LogP contribution < -0.4 is 0 Å². The highest BCUT2D eigenvalue weighted by Gasteiger charge is 2.23. The average molecular weight is 275 g/mol. The second kappa shape index (κ2) is 5.92. The highest BCUT2D eigenvalue weighted by atomic mass is 19.1. The molecule has 0 amide bonds. The SMILES string of the molecule is Cc1ccc2nc(C3CCCN(CCCF)C3)[nH]c2c1. The van der Waals surface area contributed by atoms with E-state index in [-0.39, 0.29) is 6.67 Å². The molecule has 4 heteroatoms. The number of rotatable bonds is 4. The average Bonchev–Trinajstić information content (AvgIpc) is 2.88. The van der Waals surface area contributed by atoms with Crippen molar-refractivity contribution in [2.45, 2.75) is 32.1 Å².